The number of nitrogens with zero attached hydrogens (tertiary/aromatic N) is 1. The van der Waals surface area contributed by atoms with E-state index in [0.29, 0.717) is 5.02 Å². The first-order valence-corrected chi connectivity index (χ1v) is 5.96. The summed E-state index contributed by atoms with van der Waals surface area (Å²) in [5.74, 6) is 0. The van der Waals surface area contributed by atoms with E-state index in [9.17, 15) is 0 Å². The van der Waals surface area contributed by atoms with E-state index in [1.54, 1.807) is 6.21 Å². The summed E-state index contributed by atoms with van der Waals surface area (Å²) >= 11 is 9.33. The predicted octanol–water partition coefficient (Wildman–Crippen LogP) is 4.85. The number of aliphatic imine (C=N–C) groups is 1. The van der Waals surface area contributed by atoms with Gasteiger partial charge < -0.3 is 0 Å². The van der Waals surface area contributed by atoms with E-state index in [0.717, 1.165) is 15.7 Å². The van der Waals surface area contributed by atoms with Gasteiger partial charge in [0.25, 0.3) is 0 Å². The second kappa shape index (κ2) is 5.28. The number of hydrogen-bond donors (Lipinski definition) is 0. The lowest BCUT2D eigenvalue weighted by Crippen LogP contribution is -1.80. The SMILES string of the molecule is Clc1cc(Br)cc(C=Nc2ccccc2)c1. The summed E-state index contributed by atoms with van der Waals surface area (Å²) in [4.78, 5) is 4.35. The number of benzene rings is 2. The third kappa shape index (κ3) is 3.19. The molecule has 0 aliphatic heterocycles. The first-order chi connectivity index (χ1) is 7.74. The van der Waals surface area contributed by atoms with Gasteiger partial charge in [0.05, 0.1) is 5.69 Å². The Morgan fingerprint density at radius 3 is 2.50 bits per heavy atom. The van der Waals surface area contributed by atoms with Crippen molar-refractivity contribution in [3.8, 4) is 0 Å². The molecule has 3 heteroatoms. The van der Waals surface area contributed by atoms with Crippen LogP contribution in [0.5, 0.6) is 0 Å². The van der Waals surface area contributed by atoms with Gasteiger partial charge >= 0.3 is 0 Å². The van der Waals surface area contributed by atoms with Crippen LogP contribution in [0.2, 0.25) is 5.02 Å². The zero-order chi connectivity index (χ0) is 11.4. The van der Waals surface area contributed by atoms with Crippen LogP contribution in [0.25, 0.3) is 0 Å². The molecular formula is C13H9BrClN. The molecule has 0 saturated carbocycles. The van der Waals surface area contributed by atoms with Crippen molar-refractivity contribution < 1.29 is 0 Å². The van der Waals surface area contributed by atoms with Gasteiger partial charge in [-0.3, -0.25) is 4.99 Å². The summed E-state index contributed by atoms with van der Waals surface area (Å²) in [6.07, 6.45) is 1.80. The molecule has 0 saturated heterocycles. The average molecular weight is 295 g/mol. The Kier molecular flexibility index (Phi) is 3.75. The van der Waals surface area contributed by atoms with Crippen LogP contribution >= 0.6 is 27.5 Å². The maximum Gasteiger partial charge on any atom is 0.0629 e. The second-order valence-electron chi connectivity index (χ2n) is 3.30. The highest BCUT2D eigenvalue weighted by Crippen LogP contribution is 2.19. The Bertz CT molecular complexity index is 488. The first-order valence-electron chi connectivity index (χ1n) is 4.79. The van der Waals surface area contributed by atoms with Crippen LogP contribution in [0.15, 0.2) is 58.0 Å². The van der Waals surface area contributed by atoms with Gasteiger partial charge in [-0.2, -0.15) is 0 Å². The van der Waals surface area contributed by atoms with Crippen molar-refractivity contribution in [2.75, 3.05) is 0 Å². The van der Waals surface area contributed by atoms with E-state index in [-0.39, 0.29) is 0 Å². The molecule has 0 aliphatic carbocycles. The summed E-state index contributed by atoms with van der Waals surface area (Å²) in [6.45, 7) is 0. The molecule has 0 bridgehead atoms. The highest BCUT2D eigenvalue weighted by atomic mass is 79.9. The van der Waals surface area contributed by atoms with Gasteiger partial charge in [0, 0.05) is 15.7 Å². The molecule has 0 spiro atoms. The molecule has 2 rings (SSSR count). The van der Waals surface area contributed by atoms with Crippen LogP contribution in [0.3, 0.4) is 0 Å². The van der Waals surface area contributed by atoms with Crippen molar-refractivity contribution in [3.63, 3.8) is 0 Å². The minimum Gasteiger partial charge on any atom is -0.256 e. The molecule has 0 unspecified atom stereocenters. The Morgan fingerprint density at radius 2 is 1.81 bits per heavy atom. The zero-order valence-electron chi connectivity index (χ0n) is 8.40. The van der Waals surface area contributed by atoms with Crippen molar-refractivity contribution in [2.24, 2.45) is 4.99 Å². The highest BCUT2D eigenvalue weighted by molar-refractivity contribution is 9.10. The normalized spacial score (nSPS) is 10.9. The van der Waals surface area contributed by atoms with Gasteiger partial charge in [0.1, 0.15) is 0 Å². The molecule has 0 heterocycles. The number of halogens is 2. The van der Waals surface area contributed by atoms with Gasteiger partial charge in [-0.1, -0.05) is 45.7 Å². The summed E-state index contributed by atoms with van der Waals surface area (Å²) in [5.41, 5.74) is 1.90. The lowest BCUT2D eigenvalue weighted by atomic mass is 10.2. The fraction of sp³-hybridized carbons (Fsp3) is 0. The van der Waals surface area contributed by atoms with E-state index in [1.807, 2.05) is 48.5 Å². The van der Waals surface area contributed by atoms with Gasteiger partial charge in [0.15, 0.2) is 0 Å². The maximum absolute atomic E-state index is 5.94. The molecule has 2 aromatic carbocycles. The standard InChI is InChI=1S/C13H9BrClN/c14-11-6-10(7-12(15)8-11)9-16-13-4-2-1-3-5-13/h1-9H. The van der Waals surface area contributed by atoms with E-state index < -0.39 is 0 Å². The number of hydrogen-bond acceptors (Lipinski definition) is 1. The van der Waals surface area contributed by atoms with Crippen molar-refractivity contribution in [3.05, 3.63) is 63.6 Å². The second-order valence-corrected chi connectivity index (χ2v) is 4.65. The molecule has 0 amide bonds. The summed E-state index contributed by atoms with van der Waals surface area (Å²) in [6, 6.07) is 15.5. The Morgan fingerprint density at radius 1 is 1.06 bits per heavy atom. The summed E-state index contributed by atoms with van der Waals surface area (Å²) in [5, 5.41) is 0.698. The molecule has 0 fully saturated rings. The zero-order valence-corrected chi connectivity index (χ0v) is 10.7. The maximum atomic E-state index is 5.94. The van der Waals surface area contributed by atoms with Gasteiger partial charge in [-0.05, 0) is 35.9 Å². The Balaban J connectivity index is 2.24. The van der Waals surface area contributed by atoms with Gasteiger partial charge in [-0.15, -0.1) is 0 Å². The number of rotatable bonds is 2. The minimum atomic E-state index is 0.698. The molecule has 16 heavy (non-hydrogen) atoms. The van der Waals surface area contributed by atoms with Crippen LogP contribution < -0.4 is 0 Å². The average Bonchev–Trinajstić information content (AvgIpc) is 2.27. The largest absolute Gasteiger partial charge is 0.256 e. The molecule has 0 aliphatic rings. The lowest BCUT2D eigenvalue weighted by molar-refractivity contribution is 1.52. The molecule has 1 nitrogen and oxygen atoms in total. The molecule has 0 N–H and O–H groups in total. The molecular weight excluding hydrogens is 286 g/mol. The minimum absolute atomic E-state index is 0.698. The Labute approximate surface area is 108 Å². The topological polar surface area (TPSA) is 12.4 Å². The van der Waals surface area contributed by atoms with Crippen LogP contribution in [-0.4, -0.2) is 6.21 Å². The predicted molar refractivity (Wildman–Crippen MR) is 72.8 cm³/mol. The van der Waals surface area contributed by atoms with Crippen molar-refractivity contribution in [1.82, 2.24) is 0 Å². The molecule has 2 aromatic rings. The van der Waals surface area contributed by atoms with Crippen LogP contribution in [0.1, 0.15) is 5.56 Å². The van der Waals surface area contributed by atoms with E-state index in [4.69, 9.17) is 11.6 Å². The van der Waals surface area contributed by atoms with Crippen LogP contribution in [0, 0.1) is 0 Å². The number of para-hydroxylation sites is 1. The molecule has 0 radical (unpaired) electrons. The monoisotopic (exact) mass is 293 g/mol. The Hall–Kier alpha value is -1.12. The summed E-state index contributed by atoms with van der Waals surface area (Å²) in [7, 11) is 0. The van der Waals surface area contributed by atoms with Crippen molar-refractivity contribution in [2.45, 2.75) is 0 Å². The highest BCUT2D eigenvalue weighted by Gasteiger charge is 1.95. The van der Waals surface area contributed by atoms with Crippen molar-refractivity contribution >= 4 is 39.4 Å². The third-order valence-corrected chi connectivity index (χ3v) is 2.68. The van der Waals surface area contributed by atoms with E-state index in [1.165, 1.54) is 0 Å². The molecule has 0 aromatic heterocycles. The third-order valence-electron chi connectivity index (χ3n) is 2.00. The molecule has 0 atom stereocenters. The van der Waals surface area contributed by atoms with Gasteiger partial charge in [0.2, 0.25) is 0 Å². The van der Waals surface area contributed by atoms with Crippen molar-refractivity contribution in [1.29, 1.82) is 0 Å². The lowest BCUT2D eigenvalue weighted by Gasteiger charge is -1.97. The fourth-order valence-corrected chi connectivity index (χ4v) is 2.20. The summed E-state index contributed by atoms with van der Waals surface area (Å²) < 4.78 is 0.953. The van der Waals surface area contributed by atoms with Crippen LogP contribution in [0.4, 0.5) is 5.69 Å². The quantitative estimate of drug-likeness (QED) is 0.702. The van der Waals surface area contributed by atoms with E-state index in [2.05, 4.69) is 20.9 Å². The fourth-order valence-electron chi connectivity index (χ4n) is 1.31. The molecule has 80 valence electrons. The first kappa shape index (κ1) is 11.4. The smallest absolute Gasteiger partial charge is 0.0629 e. The van der Waals surface area contributed by atoms with E-state index >= 15 is 0 Å². The van der Waals surface area contributed by atoms with Gasteiger partial charge in [-0.25, -0.2) is 0 Å². The van der Waals surface area contributed by atoms with Crippen LogP contribution in [-0.2, 0) is 0 Å².